The Morgan fingerprint density at radius 2 is 0.520 bits per heavy atom. The Labute approximate surface area is 558 Å². The molecule has 0 amide bonds. The summed E-state index contributed by atoms with van der Waals surface area (Å²) in [6.07, 6.45) is 0. The Morgan fingerprint density at radius 1 is 0.214 bits per heavy atom. The maximum Gasteiger partial charge on any atom is 0.145 e. The molecule has 0 aliphatic rings. The minimum Gasteiger partial charge on any atom is -0.456 e. The van der Waals surface area contributed by atoms with Gasteiger partial charge in [-0.15, -0.1) is 0 Å². The molecule has 452 valence electrons. The Morgan fingerprint density at radius 3 is 0.929 bits per heavy atom. The first kappa shape index (κ1) is 55.5. The van der Waals surface area contributed by atoms with E-state index < -0.39 is 0 Å². The molecule has 14 aromatic carbocycles. The van der Waals surface area contributed by atoms with Crippen molar-refractivity contribution in [2.75, 3.05) is 0 Å². The monoisotopic (exact) mass is 1250 g/mol. The van der Waals surface area contributed by atoms with Crippen molar-refractivity contribution >= 4 is 131 Å². The standard InChI is InChI=1S/2C44H24N4O/c45-25-27-19-29(23-31(21-27)47-38-13-5-1-9-33(38)34-10-2-6-14-39(34)47)30-20-28(26-46)22-32(24-30)48-40-15-7-3-12-37(40)43-41(48)18-17-36-35-11-4-8-16-42(35)49-44(36)43;45-25-27-19-29(23-31(21-27)47-37-13-5-1-9-33(37)34-10-2-6-14-38(34)47)30-20-28(26-46)22-32(24-30)48-39-15-7-3-11-35(39)43-40(48)17-18-42-44(43)36-12-4-8-16-41(36)49-42/h2*1-24H. The molecule has 6 heterocycles. The fourth-order valence-corrected chi connectivity index (χ4v) is 15.4. The second kappa shape index (κ2) is 21.7. The number of para-hydroxylation sites is 8. The molecule has 10 nitrogen and oxygen atoms in total. The number of benzene rings is 14. The van der Waals surface area contributed by atoms with Gasteiger partial charge in [0.25, 0.3) is 0 Å². The molecule has 0 saturated carbocycles. The number of rotatable bonds is 6. The minimum atomic E-state index is 0.532. The molecule has 10 heteroatoms. The van der Waals surface area contributed by atoms with Crippen LogP contribution in [0.2, 0.25) is 0 Å². The zero-order valence-electron chi connectivity index (χ0n) is 52.1. The lowest BCUT2D eigenvalue weighted by molar-refractivity contribution is 0.669. The number of hydrogen-bond donors (Lipinski definition) is 0. The van der Waals surface area contributed by atoms with Gasteiger partial charge in [-0.25, -0.2) is 0 Å². The number of hydrogen-bond acceptors (Lipinski definition) is 6. The number of nitrogens with zero attached hydrogens (tertiary/aromatic N) is 8. The summed E-state index contributed by atoms with van der Waals surface area (Å²) in [5, 5.41) is 54.3. The first-order chi connectivity index (χ1) is 48.4. The van der Waals surface area contributed by atoms with E-state index in [4.69, 9.17) is 8.83 Å². The van der Waals surface area contributed by atoms with Crippen LogP contribution in [0.25, 0.3) is 176 Å². The van der Waals surface area contributed by atoms with Gasteiger partial charge in [-0.2, -0.15) is 21.0 Å². The van der Waals surface area contributed by atoms with E-state index in [0.717, 1.165) is 176 Å². The number of nitriles is 4. The lowest BCUT2D eigenvalue weighted by Crippen LogP contribution is -1.98. The number of fused-ring (bicyclic) bond motifs is 20. The van der Waals surface area contributed by atoms with Crippen molar-refractivity contribution in [1.82, 2.24) is 18.3 Å². The van der Waals surface area contributed by atoms with Crippen molar-refractivity contribution < 1.29 is 8.83 Å². The molecular formula is C88H48N8O2. The highest BCUT2D eigenvalue weighted by Gasteiger charge is 2.24. The summed E-state index contributed by atoms with van der Waals surface area (Å²) in [5.74, 6) is 0. The summed E-state index contributed by atoms with van der Waals surface area (Å²) >= 11 is 0. The third kappa shape index (κ3) is 8.43. The van der Waals surface area contributed by atoms with Gasteiger partial charge < -0.3 is 27.1 Å². The van der Waals surface area contributed by atoms with Gasteiger partial charge in [0.15, 0.2) is 0 Å². The van der Waals surface area contributed by atoms with Crippen LogP contribution in [0.1, 0.15) is 22.3 Å². The summed E-state index contributed by atoms with van der Waals surface area (Å²) in [6, 6.07) is 108. The van der Waals surface area contributed by atoms with Gasteiger partial charge in [0, 0.05) is 82.0 Å². The average Bonchev–Trinajstić information content (AvgIpc) is 1.57. The Kier molecular flexibility index (Phi) is 12.3. The molecular weight excluding hydrogens is 1200 g/mol. The molecule has 98 heavy (non-hydrogen) atoms. The Bertz CT molecular complexity index is 6900. The molecule has 0 unspecified atom stereocenters. The number of aromatic nitrogens is 4. The van der Waals surface area contributed by atoms with Crippen LogP contribution in [0, 0.1) is 45.3 Å². The average molecular weight is 1250 g/mol. The fourth-order valence-electron chi connectivity index (χ4n) is 15.4. The highest BCUT2D eigenvalue weighted by molar-refractivity contribution is 6.28. The molecule has 0 spiro atoms. The molecule has 0 aliphatic carbocycles. The third-order valence-corrected chi connectivity index (χ3v) is 19.4. The van der Waals surface area contributed by atoms with Crippen LogP contribution in [-0.4, -0.2) is 18.3 Å². The Hall–Kier alpha value is -14.2. The molecule has 0 aliphatic heterocycles. The second-order valence-electron chi connectivity index (χ2n) is 24.8. The lowest BCUT2D eigenvalue weighted by atomic mass is 9.99. The predicted octanol–water partition coefficient (Wildman–Crippen LogP) is 22.4. The van der Waals surface area contributed by atoms with Crippen LogP contribution in [0.4, 0.5) is 0 Å². The molecule has 0 saturated heterocycles. The quantitative estimate of drug-likeness (QED) is 0.162. The van der Waals surface area contributed by atoms with Crippen LogP contribution in [0.5, 0.6) is 0 Å². The molecule has 0 atom stereocenters. The van der Waals surface area contributed by atoms with Crippen LogP contribution < -0.4 is 0 Å². The Balaban J connectivity index is 0.000000137. The van der Waals surface area contributed by atoms with Gasteiger partial charge in [0.1, 0.15) is 22.3 Å². The summed E-state index contributed by atoms with van der Waals surface area (Å²) in [5.41, 5.74) is 20.8. The van der Waals surface area contributed by atoms with E-state index in [9.17, 15) is 21.0 Å². The van der Waals surface area contributed by atoms with Crippen LogP contribution >= 0.6 is 0 Å². The SMILES string of the molecule is N#Cc1cc(-c2cc(C#N)cc(-n3c4ccccc4c4c5c(ccc43)oc3ccccc35)c2)cc(-n2c3ccccc3c3ccccc32)c1.N#Cc1cc(-c2cc(C#N)cc(-n3c4ccccc4c4c5oc6ccccc6c5ccc43)c2)cc(-n2c3ccccc3c3ccccc32)c1. The first-order valence-electron chi connectivity index (χ1n) is 32.3. The minimum absolute atomic E-state index is 0.532. The van der Waals surface area contributed by atoms with E-state index in [0.29, 0.717) is 22.3 Å². The van der Waals surface area contributed by atoms with Gasteiger partial charge in [-0.3, -0.25) is 0 Å². The molecule has 0 N–H and O–H groups in total. The van der Waals surface area contributed by atoms with E-state index >= 15 is 0 Å². The maximum absolute atomic E-state index is 10.3. The summed E-state index contributed by atoms with van der Waals surface area (Å²) in [4.78, 5) is 0. The van der Waals surface area contributed by atoms with Crippen molar-refractivity contribution in [2.45, 2.75) is 0 Å². The molecule has 0 bridgehead atoms. The smallest absolute Gasteiger partial charge is 0.145 e. The summed E-state index contributed by atoms with van der Waals surface area (Å²) in [7, 11) is 0. The van der Waals surface area contributed by atoms with Crippen molar-refractivity contribution in [3.05, 3.63) is 313 Å². The highest BCUT2D eigenvalue weighted by Crippen LogP contribution is 2.45. The maximum atomic E-state index is 10.3. The molecule has 0 fully saturated rings. The fraction of sp³-hybridized carbons (Fsp3) is 0. The van der Waals surface area contributed by atoms with E-state index in [1.807, 2.05) is 133 Å². The van der Waals surface area contributed by atoms with Gasteiger partial charge >= 0.3 is 0 Å². The van der Waals surface area contributed by atoms with Crippen LogP contribution in [-0.2, 0) is 0 Å². The topological polar surface area (TPSA) is 141 Å². The van der Waals surface area contributed by atoms with Crippen molar-refractivity contribution in [3.63, 3.8) is 0 Å². The van der Waals surface area contributed by atoms with Gasteiger partial charge in [-0.1, -0.05) is 146 Å². The number of furan rings is 2. The van der Waals surface area contributed by atoms with E-state index in [-0.39, 0.29) is 0 Å². The van der Waals surface area contributed by atoms with E-state index in [1.165, 1.54) is 0 Å². The van der Waals surface area contributed by atoms with E-state index in [2.05, 4.69) is 200 Å². The van der Waals surface area contributed by atoms with Crippen molar-refractivity contribution in [3.8, 4) is 69.3 Å². The predicted molar refractivity (Wildman–Crippen MR) is 395 cm³/mol. The third-order valence-electron chi connectivity index (χ3n) is 19.4. The van der Waals surface area contributed by atoms with Crippen molar-refractivity contribution in [1.29, 1.82) is 21.0 Å². The summed E-state index contributed by atoms with van der Waals surface area (Å²) < 4.78 is 21.7. The highest BCUT2D eigenvalue weighted by atomic mass is 16.3. The van der Waals surface area contributed by atoms with E-state index in [1.54, 1.807) is 0 Å². The lowest BCUT2D eigenvalue weighted by Gasteiger charge is -2.14. The van der Waals surface area contributed by atoms with Gasteiger partial charge in [-0.05, 0) is 168 Å². The molecule has 20 rings (SSSR count). The van der Waals surface area contributed by atoms with Crippen molar-refractivity contribution in [2.24, 2.45) is 0 Å². The zero-order valence-corrected chi connectivity index (χ0v) is 52.1. The normalized spacial score (nSPS) is 11.6. The zero-order chi connectivity index (χ0) is 65.3. The van der Waals surface area contributed by atoms with Crippen LogP contribution in [0.3, 0.4) is 0 Å². The van der Waals surface area contributed by atoms with Crippen LogP contribution in [0.15, 0.2) is 300 Å². The molecule has 20 aromatic rings. The second-order valence-corrected chi connectivity index (χ2v) is 24.8. The summed E-state index contributed by atoms with van der Waals surface area (Å²) in [6.45, 7) is 0. The van der Waals surface area contributed by atoms with Gasteiger partial charge in [0.05, 0.1) is 96.1 Å². The van der Waals surface area contributed by atoms with Gasteiger partial charge in [0.2, 0.25) is 0 Å². The first-order valence-corrected chi connectivity index (χ1v) is 32.3. The molecule has 6 aromatic heterocycles. The largest absolute Gasteiger partial charge is 0.456 e. The molecule has 0 radical (unpaired) electrons.